The van der Waals surface area contributed by atoms with Gasteiger partial charge in [-0.15, -0.1) is 0 Å². The summed E-state index contributed by atoms with van der Waals surface area (Å²) in [6.07, 6.45) is 0. The number of phosphoric ester groups is 1. The third-order valence-corrected chi connectivity index (χ3v) is 8.52. The van der Waals surface area contributed by atoms with Crippen molar-refractivity contribution in [3.63, 3.8) is 0 Å². The molecular formula is C18H5Cl6N2O8PS. The fourth-order valence-electron chi connectivity index (χ4n) is 2.86. The highest BCUT2D eigenvalue weighted by atomic mass is 35.5. The summed E-state index contributed by atoms with van der Waals surface area (Å²) in [5.74, 6) is -1.67. The largest absolute Gasteiger partial charge is 0.647 e. The Morgan fingerprint density at radius 2 is 1.22 bits per heavy atom. The van der Waals surface area contributed by atoms with Crippen molar-refractivity contribution in [1.29, 1.82) is 0 Å². The van der Waals surface area contributed by atoms with Crippen LogP contribution in [0.15, 0.2) is 40.1 Å². The molecule has 0 saturated heterocycles. The molecule has 3 aromatic carbocycles. The first-order valence-electron chi connectivity index (χ1n) is 8.95. The zero-order valence-corrected chi connectivity index (χ0v) is 22.9. The average molecular weight is 653 g/mol. The van der Waals surface area contributed by atoms with Crippen molar-refractivity contribution in [3.8, 4) is 17.2 Å². The number of halogens is 6. The van der Waals surface area contributed by atoms with Crippen LogP contribution in [0.3, 0.4) is 0 Å². The van der Waals surface area contributed by atoms with E-state index in [1.165, 1.54) is 12.1 Å². The van der Waals surface area contributed by atoms with Crippen molar-refractivity contribution >= 4 is 101 Å². The van der Waals surface area contributed by atoms with Gasteiger partial charge < -0.3 is 13.6 Å². The number of phosphoric acid groups is 1. The lowest BCUT2D eigenvalue weighted by molar-refractivity contribution is -0.386. The maximum atomic E-state index is 13.9. The average Bonchev–Trinajstić information content (AvgIpc) is 2.77. The smallest absolute Gasteiger partial charge is 0.383 e. The van der Waals surface area contributed by atoms with Crippen LogP contribution in [0.2, 0.25) is 30.1 Å². The molecule has 0 unspecified atom stereocenters. The minimum absolute atomic E-state index is 0.0505. The Balaban J connectivity index is 2.01. The molecule has 0 aliphatic carbocycles. The second-order valence-electron chi connectivity index (χ2n) is 6.64. The summed E-state index contributed by atoms with van der Waals surface area (Å²) in [5, 5.41) is 22.3. The summed E-state index contributed by atoms with van der Waals surface area (Å²) in [5.41, 5.74) is -1.41. The lowest BCUT2D eigenvalue weighted by Gasteiger charge is -2.24. The van der Waals surface area contributed by atoms with Gasteiger partial charge in [-0.25, -0.2) is 0 Å². The van der Waals surface area contributed by atoms with Gasteiger partial charge in [0, 0.05) is 22.2 Å². The first-order chi connectivity index (χ1) is 16.8. The molecule has 0 amide bonds. The van der Waals surface area contributed by atoms with E-state index >= 15 is 0 Å². The molecule has 1 aliphatic rings. The monoisotopic (exact) mass is 650 g/mol. The van der Waals surface area contributed by atoms with Gasteiger partial charge in [0.15, 0.2) is 5.75 Å². The molecule has 188 valence electrons. The molecule has 0 bridgehead atoms. The molecule has 0 saturated carbocycles. The van der Waals surface area contributed by atoms with Gasteiger partial charge in [0.1, 0.15) is 5.02 Å². The van der Waals surface area contributed by atoms with Gasteiger partial charge in [0.25, 0.3) is 0 Å². The Hall–Kier alpha value is -1.82. The standard InChI is InChI=1S/C18H5Cl6N2O8PS/c19-6-1-10(25(27)28)17-12(3-6)36-13-4-7(20)2-11(26(29)30)18(13)34-35(31,33-17)32-16-9(22)5-8(21)14(23)15(16)24/h1-5H. The zero-order chi connectivity index (χ0) is 26.5. The summed E-state index contributed by atoms with van der Waals surface area (Å²) < 4.78 is 30.2. The van der Waals surface area contributed by atoms with Crippen molar-refractivity contribution in [3.05, 3.63) is 80.7 Å². The molecule has 0 radical (unpaired) electrons. The van der Waals surface area contributed by atoms with Crippen molar-refractivity contribution in [2.75, 3.05) is 0 Å². The molecule has 0 atom stereocenters. The van der Waals surface area contributed by atoms with E-state index in [1.807, 2.05) is 0 Å². The van der Waals surface area contributed by atoms with Crippen LogP contribution in [-0.2, 0) is 4.57 Å². The second kappa shape index (κ2) is 10.2. The third kappa shape index (κ3) is 5.25. The van der Waals surface area contributed by atoms with Crippen molar-refractivity contribution in [1.82, 2.24) is 0 Å². The molecule has 0 spiro atoms. The molecular weight excluding hydrogens is 648 g/mol. The van der Waals surface area contributed by atoms with Crippen LogP contribution in [0, 0.1) is 20.2 Å². The highest BCUT2D eigenvalue weighted by molar-refractivity contribution is 7.99. The number of nitro benzene ring substituents is 2. The lowest BCUT2D eigenvalue weighted by Crippen LogP contribution is -2.12. The number of hydrogen-bond acceptors (Lipinski definition) is 9. The minimum Gasteiger partial charge on any atom is -0.383 e. The highest BCUT2D eigenvalue weighted by Gasteiger charge is 2.43. The molecule has 1 aliphatic heterocycles. The Morgan fingerprint density at radius 3 is 1.67 bits per heavy atom. The van der Waals surface area contributed by atoms with Crippen LogP contribution < -0.4 is 13.6 Å². The third-order valence-electron chi connectivity index (χ3n) is 4.29. The van der Waals surface area contributed by atoms with Gasteiger partial charge in [0.05, 0.1) is 34.7 Å². The summed E-state index contributed by atoms with van der Waals surface area (Å²) in [4.78, 5) is 21.7. The highest BCUT2D eigenvalue weighted by Crippen LogP contribution is 2.62. The Bertz CT molecular complexity index is 1450. The SMILES string of the molecule is O=[N+]([O-])c1cc(Cl)cc2c1OP(=O)(Oc1c(Cl)cc(Cl)c(Cl)c1Cl)Oc1c(cc(Cl)cc1[N+](=O)[O-])S2. The molecule has 0 aromatic heterocycles. The van der Waals surface area contributed by atoms with E-state index in [9.17, 15) is 24.8 Å². The van der Waals surface area contributed by atoms with Crippen molar-refractivity contribution < 1.29 is 28.0 Å². The summed E-state index contributed by atoms with van der Waals surface area (Å²) in [6, 6.07) is 5.49. The topological polar surface area (TPSA) is 131 Å². The molecule has 10 nitrogen and oxygen atoms in total. The first-order valence-corrected chi connectivity index (χ1v) is 13.5. The van der Waals surface area contributed by atoms with E-state index in [-0.39, 0.29) is 34.9 Å². The van der Waals surface area contributed by atoms with E-state index < -0.39 is 51.3 Å². The van der Waals surface area contributed by atoms with Gasteiger partial charge in [-0.3, -0.25) is 20.2 Å². The van der Waals surface area contributed by atoms with Gasteiger partial charge >= 0.3 is 19.2 Å². The van der Waals surface area contributed by atoms with Gasteiger partial charge in [-0.1, -0.05) is 81.4 Å². The van der Waals surface area contributed by atoms with E-state index in [0.717, 1.165) is 30.0 Å². The van der Waals surface area contributed by atoms with Crippen LogP contribution in [0.4, 0.5) is 11.4 Å². The molecule has 4 rings (SSSR count). The molecule has 1 heterocycles. The predicted molar refractivity (Wildman–Crippen MR) is 136 cm³/mol. The molecule has 36 heavy (non-hydrogen) atoms. The Morgan fingerprint density at radius 1 is 0.750 bits per heavy atom. The predicted octanol–water partition coefficient (Wildman–Crippen LogP) is 9.53. The number of fused-ring (bicyclic) bond motifs is 2. The Labute approximate surface area is 235 Å². The summed E-state index contributed by atoms with van der Waals surface area (Å²) in [6.45, 7) is 0. The fraction of sp³-hybridized carbons (Fsp3) is 0. The van der Waals surface area contributed by atoms with Crippen molar-refractivity contribution in [2.45, 2.75) is 9.79 Å². The van der Waals surface area contributed by atoms with E-state index in [1.54, 1.807) is 0 Å². The van der Waals surface area contributed by atoms with Crippen LogP contribution in [0.1, 0.15) is 0 Å². The van der Waals surface area contributed by atoms with Gasteiger partial charge in [0.2, 0.25) is 11.5 Å². The number of rotatable bonds is 4. The van der Waals surface area contributed by atoms with Crippen LogP contribution in [0.5, 0.6) is 17.2 Å². The Kier molecular flexibility index (Phi) is 7.68. The summed E-state index contributed by atoms with van der Waals surface area (Å²) in [7, 11) is -5.10. The molecule has 0 fully saturated rings. The molecule has 0 N–H and O–H groups in total. The van der Waals surface area contributed by atoms with E-state index in [2.05, 4.69) is 0 Å². The maximum absolute atomic E-state index is 13.9. The van der Waals surface area contributed by atoms with Gasteiger partial charge in [-0.05, 0) is 18.2 Å². The lowest BCUT2D eigenvalue weighted by atomic mass is 10.3. The number of nitro groups is 2. The van der Waals surface area contributed by atoms with Gasteiger partial charge in [-0.2, -0.15) is 4.57 Å². The summed E-state index contributed by atoms with van der Waals surface area (Å²) >= 11 is 37.0. The molecule has 18 heteroatoms. The van der Waals surface area contributed by atoms with E-state index in [0.29, 0.717) is 0 Å². The van der Waals surface area contributed by atoms with Crippen LogP contribution in [-0.4, -0.2) is 9.85 Å². The van der Waals surface area contributed by atoms with Crippen LogP contribution >= 0.6 is 89.2 Å². The first kappa shape index (κ1) is 27.2. The fourth-order valence-corrected chi connectivity index (χ4v) is 7.07. The van der Waals surface area contributed by atoms with Crippen LogP contribution in [0.25, 0.3) is 0 Å². The maximum Gasteiger partial charge on any atom is 0.647 e. The second-order valence-corrected chi connectivity index (χ2v) is 11.6. The quantitative estimate of drug-likeness (QED) is 0.0888. The number of hydrogen-bond donors (Lipinski definition) is 0. The molecule has 3 aromatic rings. The number of nitrogens with zero attached hydrogens (tertiary/aromatic N) is 2. The minimum atomic E-state index is -5.10. The van der Waals surface area contributed by atoms with E-state index in [4.69, 9.17) is 83.2 Å². The van der Waals surface area contributed by atoms with Crippen molar-refractivity contribution in [2.24, 2.45) is 0 Å². The zero-order valence-electron chi connectivity index (χ0n) is 16.7. The number of benzene rings is 3. The normalized spacial score (nSPS) is 13.8.